The molecule has 19 heavy (non-hydrogen) atoms. The molecule has 0 aromatic carbocycles. The van der Waals surface area contributed by atoms with Gasteiger partial charge in [-0.25, -0.2) is 4.98 Å². The Morgan fingerprint density at radius 3 is 2.74 bits per heavy atom. The van der Waals surface area contributed by atoms with E-state index in [-0.39, 0.29) is 0 Å². The Balaban J connectivity index is 2.19. The second-order valence-corrected chi connectivity index (χ2v) is 5.66. The van der Waals surface area contributed by atoms with Crippen molar-refractivity contribution in [2.75, 3.05) is 23.8 Å². The highest BCUT2D eigenvalue weighted by Crippen LogP contribution is 2.30. The van der Waals surface area contributed by atoms with E-state index < -0.39 is 0 Å². The molecule has 106 valence electrons. The largest absolute Gasteiger partial charge is 0.356 e. The van der Waals surface area contributed by atoms with Crippen LogP contribution in [-0.4, -0.2) is 29.6 Å². The Kier molecular flexibility index (Phi) is 4.61. The zero-order valence-electron chi connectivity index (χ0n) is 12.6. The molecule has 1 aliphatic rings. The number of aryl methyl sites for hydroxylation is 1. The van der Waals surface area contributed by atoms with E-state index >= 15 is 0 Å². The summed E-state index contributed by atoms with van der Waals surface area (Å²) in [5.74, 6) is 2.53. The summed E-state index contributed by atoms with van der Waals surface area (Å²) in [4.78, 5) is 11.4. The molecule has 4 heteroatoms. The Morgan fingerprint density at radius 1 is 1.32 bits per heavy atom. The summed E-state index contributed by atoms with van der Waals surface area (Å²) in [5.41, 5.74) is 1.02. The van der Waals surface area contributed by atoms with Crippen molar-refractivity contribution in [2.45, 2.75) is 52.5 Å². The van der Waals surface area contributed by atoms with Gasteiger partial charge in [0.05, 0.1) is 0 Å². The van der Waals surface area contributed by atoms with Gasteiger partial charge < -0.3 is 10.2 Å². The molecule has 2 rings (SSSR count). The maximum Gasteiger partial charge on any atom is 0.224 e. The predicted molar refractivity (Wildman–Crippen MR) is 80.8 cm³/mol. The van der Waals surface area contributed by atoms with Crippen LogP contribution >= 0.6 is 0 Å². The van der Waals surface area contributed by atoms with Crippen LogP contribution in [0.3, 0.4) is 0 Å². The second kappa shape index (κ2) is 6.22. The van der Waals surface area contributed by atoms with E-state index in [1.54, 1.807) is 0 Å². The van der Waals surface area contributed by atoms with Gasteiger partial charge in [0.2, 0.25) is 5.95 Å². The van der Waals surface area contributed by atoms with Crippen molar-refractivity contribution in [2.24, 2.45) is 5.92 Å². The highest BCUT2D eigenvalue weighted by molar-refractivity contribution is 5.45. The fourth-order valence-electron chi connectivity index (χ4n) is 3.01. The van der Waals surface area contributed by atoms with Crippen molar-refractivity contribution in [3.05, 3.63) is 11.8 Å². The third-order valence-electron chi connectivity index (χ3n) is 4.10. The van der Waals surface area contributed by atoms with Gasteiger partial charge in [-0.3, -0.25) is 0 Å². The number of aromatic nitrogens is 2. The van der Waals surface area contributed by atoms with Crippen molar-refractivity contribution in [3.63, 3.8) is 0 Å². The molecule has 0 aliphatic heterocycles. The van der Waals surface area contributed by atoms with Gasteiger partial charge in [0.1, 0.15) is 5.82 Å². The van der Waals surface area contributed by atoms with Crippen molar-refractivity contribution in [3.8, 4) is 0 Å². The average molecular weight is 262 g/mol. The number of hydrogen-bond donors (Lipinski definition) is 1. The average Bonchev–Trinajstić information content (AvgIpc) is 2.38. The molecule has 1 aromatic rings. The number of hydrogen-bond acceptors (Lipinski definition) is 4. The van der Waals surface area contributed by atoms with E-state index in [2.05, 4.69) is 47.1 Å². The highest BCUT2D eigenvalue weighted by Gasteiger charge is 2.26. The minimum Gasteiger partial charge on any atom is -0.356 e. The van der Waals surface area contributed by atoms with E-state index in [4.69, 9.17) is 0 Å². The van der Waals surface area contributed by atoms with E-state index in [0.29, 0.717) is 6.04 Å². The number of nitrogens with one attached hydrogen (secondary N) is 1. The Bertz CT molecular complexity index is 419. The SMILES string of the molecule is CCNc1nc(C)cc(N(C)C2CCCCC2C)n1. The molecular weight excluding hydrogens is 236 g/mol. The molecule has 1 fully saturated rings. The topological polar surface area (TPSA) is 41.1 Å². The third-order valence-corrected chi connectivity index (χ3v) is 4.10. The molecule has 0 spiro atoms. The third kappa shape index (κ3) is 3.37. The minimum absolute atomic E-state index is 0.609. The quantitative estimate of drug-likeness (QED) is 0.904. The number of anilines is 2. The molecule has 0 saturated heterocycles. The predicted octanol–water partition coefficient (Wildman–Crippen LogP) is 3.23. The first-order chi connectivity index (χ1) is 9.11. The maximum absolute atomic E-state index is 4.64. The lowest BCUT2D eigenvalue weighted by Crippen LogP contribution is -2.39. The molecule has 4 nitrogen and oxygen atoms in total. The zero-order chi connectivity index (χ0) is 13.8. The molecule has 2 atom stereocenters. The van der Waals surface area contributed by atoms with Crippen LogP contribution in [0, 0.1) is 12.8 Å². The van der Waals surface area contributed by atoms with Crippen LogP contribution in [0.15, 0.2) is 6.07 Å². The second-order valence-electron chi connectivity index (χ2n) is 5.66. The smallest absolute Gasteiger partial charge is 0.224 e. The Hall–Kier alpha value is -1.32. The van der Waals surface area contributed by atoms with Crippen LogP contribution in [0.5, 0.6) is 0 Å². The number of nitrogens with zero attached hydrogens (tertiary/aromatic N) is 3. The van der Waals surface area contributed by atoms with Gasteiger partial charge in [-0.1, -0.05) is 19.8 Å². The molecule has 1 saturated carbocycles. The molecule has 0 amide bonds. The molecule has 2 unspecified atom stereocenters. The van der Waals surface area contributed by atoms with E-state index in [1.165, 1.54) is 25.7 Å². The molecule has 1 N–H and O–H groups in total. The number of rotatable bonds is 4. The lowest BCUT2D eigenvalue weighted by atomic mass is 9.85. The summed E-state index contributed by atoms with van der Waals surface area (Å²) in [6, 6.07) is 2.69. The summed E-state index contributed by atoms with van der Waals surface area (Å²) in [7, 11) is 2.17. The van der Waals surface area contributed by atoms with Crippen LogP contribution in [0.2, 0.25) is 0 Å². The van der Waals surface area contributed by atoms with Gasteiger partial charge in [-0.05, 0) is 32.6 Å². The van der Waals surface area contributed by atoms with Crippen LogP contribution in [0.1, 0.15) is 45.2 Å². The Labute approximate surface area is 116 Å². The molecule has 0 bridgehead atoms. The van der Waals surface area contributed by atoms with Crippen LogP contribution in [-0.2, 0) is 0 Å². The van der Waals surface area contributed by atoms with Gasteiger partial charge >= 0.3 is 0 Å². The Morgan fingerprint density at radius 2 is 2.05 bits per heavy atom. The van der Waals surface area contributed by atoms with Crippen LogP contribution < -0.4 is 10.2 Å². The molecule has 1 aliphatic carbocycles. The first-order valence-electron chi connectivity index (χ1n) is 7.44. The van der Waals surface area contributed by atoms with Gasteiger partial charge in [0.15, 0.2) is 0 Å². The van der Waals surface area contributed by atoms with Gasteiger partial charge in [0, 0.05) is 31.4 Å². The molecule has 0 radical (unpaired) electrons. The summed E-state index contributed by atoms with van der Waals surface area (Å²) in [6.07, 6.45) is 5.32. The minimum atomic E-state index is 0.609. The summed E-state index contributed by atoms with van der Waals surface area (Å²) in [6.45, 7) is 7.31. The van der Waals surface area contributed by atoms with Crippen molar-refractivity contribution < 1.29 is 0 Å². The highest BCUT2D eigenvalue weighted by atomic mass is 15.2. The molecule has 1 aromatic heterocycles. The zero-order valence-corrected chi connectivity index (χ0v) is 12.6. The first kappa shape index (κ1) is 14.1. The lowest BCUT2D eigenvalue weighted by Gasteiger charge is -2.37. The van der Waals surface area contributed by atoms with E-state index in [0.717, 1.165) is 29.9 Å². The van der Waals surface area contributed by atoms with Gasteiger partial charge in [0.25, 0.3) is 0 Å². The van der Waals surface area contributed by atoms with Gasteiger partial charge in [-0.2, -0.15) is 4.98 Å². The van der Waals surface area contributed by atoms with Crippen molar-refractivity contribution >= 4 is 11.8 Å². The summed E-state index contributed by atoms with van der Waals surface area (Å²) in [5, 5.41) is 3.21. The summed E-state index contributed by atoms with van der Waals surface area (Å²) < 4.78 is 0. The normalized spacial score (nSPS) is 23.2. The van der Waals surface area contributed by atoms with Crippen LogP contribution in [0.25, 0.3) is 0 Å². The molecule has 1 heterocycles. The van der Waals surface area contributed by atoms with Crippen molar-refractivity contribution in [1.82, 2.24) is 9.97 Å². The fourth-order valence-corrected chi connectivity index (χ4v) is 3.01. The standard InChI is InChI=1S/C15H26N4/c1-5-16-15-17-12(3)10-14(18-15)19(4)13-9-7-6-8-11(13)2/h10-11,13H,5-9H2,1-4H3,(H,16,17,18). The maximum atomic E-state index is 4.64. The summed E-state index contributed by atoms with van der Waals surface area (Å²) >= 11 is 0. The van der Waals surface area contributed by atoms with Crippen LogP contribution in [0.4, 0.5) is 11.8 Å². The molecular formula is C15H26N4. The lowest BCUT2D eigenvalue weighted by molar-refractivity contribution is 0.320. The van der Waals surface area contributed by atoms with Gasteiger partial charge in [-0.15, -0.1) is 0 Å². The van der Waals surface area contributed by atoms with Crippen molar-refractivity contribution in [1.29, 1.82) is 0 Å². The monoisotopic (exact) mass is 262 g/mol. The van der Waals surface area contributed by atoms with E-state index in [9.17, 15) is 0 Å². The first-order valence-corrected chi connectivity index (χ1v) is 7.44. The fraction of sp³-hybridized carbons (Fsp3) is 0.733. The van der Waals surface area contributed by atoms with E-state index in [1.807, 2.05) is 6.92 Å².